The van der Waals surface area contributed by atoms with Gasteiger partial charge < -0.3 is 10.1 Å². The number of nitro groups is 1. The van der Waals surface area contributed by atoms with E-state index < -0.39 is 4.92 Å². The van der Waals surface area contributed by atoms with E-state index in [0.717, 1.165) is 5.56 Å². The zero-order valence-electron chi connectivity index (χ0n) is 13.6. The summed E-state index contributed by atoms with van der Waals surface area (Å²) in [6.45, 7) is 0.422. The molecule has 0 saturated carbocycles. The number of hydrogen-bond acceptors (Lipinski definition) is 6. The van der Waals surface area contributed by atoms with Gasteiger partial charge in [0.1, 0.15) is 11.8 Å². The van der Waals surface area contributed by atoms with Crippen LogP contribution in [0.5, 0.6) is 11.6 Å². The molecule has 0 fully saturated rings. The maximum atomic E-state index is 10.8. The standard InChI is InChI=1S/C19H14N4O3/c20-11-15-10-16(23(24)25)7-8-18(15)21-12-14-6-9-19(22-13-14)26-17-4-2-1-3-5-17/h1-10,13,21H,12H2. The van der Waals surface area contributed by atoms with E-state index in [1.807, 2.05) is 42.5 Å². The molecule has 7 nitrogen and oxygen atoms in total. The number of aromatic nitrogens is 1. The molecule has 7 heteroatoms. The first-order valence-corrected chi connectivity index (χ1v) is 7.76. The van der Waals surface area contributed by atoms with Crippen LogP contribution in [0, 0.1) is 21.4 Å². The zero-order valence-corrected chi connectivity index (χ0v) is 13.6. The monoisotopic (exact) mass is 346 g/mol. The lowest BCUT2D eigenvalue weighted by Crippen LogP contribution is -2.02. The lowest BCUT2D eigenvalue weighted by atomic mass is 10.1. The molecule has 3 aromatic rings. The molecule has 0 unspecified atom stereocenters. The predicted molar refractivity (Wildman–Crippen MR) is 95.9 cm³/mol. The molecule has 0 atom stereocenters. The van der Waals surface area contributed by atoms with Gasteiger partial charge >= 0.3 is 0 Å². The molecule has 0 amide bonds. The van der Waals surface area contributed by atoms with Crippen LogP contribution in [0.25, 0.3) is 0 Å². The van der Waals surface area contributed by atoms with Crippen LogP contribution in [-0.2, 0) is 6.54 Å². The van der Waals surface area contributed by atoms with Gasteiger partial charge in [0.05, 0.1) is 16.2 Å². The van der Waals surface area contributed by atoms with Crippen molar-refractivity contribution in [2.24, 2.45) is 0 Å². The van der Waals surface area contributed by atoms with Crippen LogP contribution < -0.4 is 10.1 Å². The fraction of sp³-hybridized carbons (Fsp3) is 0.0526. The number of anilines is 1. The summed E-state index contributed by atoms with van der Waals surface area (Å²) in [5.74, 6) is 1.18. The van der Waals surface area contributed by atoms with E-state index >= 15 is 0 Å². The molecule has 0 aliphatic heterocycles. The van der Waals surface area contributed by atoms with Crippen molar-refractivity contribution in [1.82, 2.24) is 4.98 Å². The van der Waals surface area contributed by atoms with E-state index in [0.29, 0.717) is 23.9 Å². The minimum Gasteiger partial charge on any atom is -0.439 e. The molecule has 0 bridgehead atoms. The van der Waals surface area contributed by atoms with Crippen molar-refractivity contribution in [2.75, 3.05) is 5.32 Å². The van der Waals surface area contributed by atoms with E-state index in [9.17, 15) is 10.1 Å². The number of benzene rings is 2. The van der Waals surface area contributed by atoms with Crippen molar-refractivity contribution in [2.45, 2.75) is 6.54 Å². The third-order valence-corrected chi connectivity index (χ3v) is 3.58. The first kappa shape index (κ1) is 16.9. The van der Waals surface area contributed by atoms with Gasteiger partial charge in [-0.25, -0.2) is 4.98 Å². The molecule has 1 aromatic heterocycles. The molecule has 2 aromatic carbocycles. The number of non-ortho nitro benzene ring substituents is 1. The highest BCUT2D eigenvalue weighted by molar-refractivity contribution is 5.61. The lowest BCUT2D eigenvalue weighted by molar-refractivity contribution is -0.384. The van der Waals surface area contributed by atoms with Crippen molar-refractivity contribution in [1.29, 1.82) is 5.26 Å². The van der Waals surface area contributed by atoms with Gasteiger partial charge in [0.2, 0.25) is 5.88 Å². The lowest BCUT2D eigenvalue weighted by Gasteiger charge is -2.09. The summed E-state index contributed by atoms with van der Waals surface area (Å²) >= 11 is 0. The Hall–Kier alpha value is -3.92. The molecule has 0 aliphatic carbocycles. The van der Waals surface area contributed by atoms with Crippen molar-refractivity contribution >= 4 is 11.4 Å². The molecule has 1 N–H and O–H groups in total. The molecule has 3 rings (SSSR count). The van der Waals surface area contributed by atoms with Gasteiger partial charge in [0.25, 0.3) is 5.69 Å². The maximum Gasteiger partial charge on any atom is 0.270 e. The topological polar surface area (TPSA) is 101 Å². The van der Waals surface area contributed by atoms with Crippen LogP contribution in [0.2, 0.25) is 0 Å². The Morgan fingerprint density at radius 3 is 2.62 bits per heavy atom. The van der Waals surface area contributed by atoms with Crippen LogP contribution in [0.3, 0.4) is 0 Å². The van der Waals surface area contributed by atoms with Crippen LogP contribution >= 0.6 is 0 Å². The maximum absolute atomic E-state index is 10.8. The van der Waals surface area contributed by atoms with Gasteiger partial charge in [-0.3, -0.25) is 10.1 Å². The van der Waals surface area contributed by atoms with Crippen molar-refractivity contribution in [3.8, 4) is 17.7 Å². The number of pyridine rings is 1. The minimum atomic E-state index is -0.528. The van der Waals surface area contributed by atoms with Crippen molar-refractivity contribution in [3.63, 3.8) is 0 Å². The number of rotatable bonds is 6. The Labute approximate surface area is 149 Å². The summed E-state index contributed by atoms with van der Waals surface area (Å²) in [4.78, 5) is 14.5. The molecule has 0 aliphatic rings. The zero-order chi connectivity index (χ0) is 18.4. The number of nitro benzene ring substituents is 1. The molecule has 128 valence electrons. The van der Waals surface area contributed by atoms with Crippen molar-refractivity contribution < 1.29 is 9.66 Å². The first-order valence-electron chi connectivity index (χ1n) is 7.76. The normalized spacial score (nSPS) is 9.96. The molecule has 26 heavy (non-hydrogen) atoms. The van der Waals surface area contributed by atoms with Crippen LogP contribution in [0.15, 0.2) is 66.9 Å². The van der Waals surface area contributed by atoms with E-state index in [2.05, 4.69) is 10.3 Å². The molecule has 1 heterocycles. The second-order valence-electron chi connectivity index (χ2n) is 5.37. The van der Waals surface area contributed by atoms with E-state index in [1.165, 1.54) is 18.2 Å². The number of hydrogen-bond donors (Lipinski definition) is 1. The van der Waals surface area contributed by atoms with Crippen molar-refractivity contribution in [3.05, 3.63) is 88.1 Å². The second-order valence-corrected chi connectivity index (χ2v) is 5.37. The van der Waals surface area contributed by atoms with E-state index in [-0.39, 0.29) is 11.3 Å². The summed E-state index contributed by atoms with van der Waals surface area (Å²) < 4.78 is 5.63. The van der Waals surface area contributed by atoms with Gasteiger partial charge in [-0.2, -0.15) is 5.26 Å². The number of para-hydroxylation sites is 1. The Kier molecular flexibility index (Phi) is 5.05. The van der Waals surface area contributed by atoms with Gasteiger partial charge in [-0.05, 0) is 23.8 Å². The van der Waals surface area contributed by atoms with Crippen LogP contribution in [-0.4, -0.2) is 9.91 Å². The van der Waals surface area contributed by atoms with Gasteiger partial charge in [0, 0.05) is 30.9 Å². The predicted octanol–water partition coefficient (Wildman–Crippen LogP) is 4.27. The van der Waals surface area contributed by atoms with E-state index in [1.54, 1.807) is 12.3 Å². The van der Waals surface area contributed by atoms with Crippen LogP contribution in [0.1, 0.15) is 11.1 Å². The Morgan fingerprint density at radius 2 is 1.96 bits per heavy atom. The SMILES string of the molecule is N#Cc1cc([N+](=O)[O-])ccc1NCc1ccc(Oc2ccccc2)nc1. The quantitative estimate of drug-likeness (QED) is 0.528. The molecule has 0 spiro atoms. The third-order valence-electron chi connectivity index (χ3n) is 3.58. The van der Waals surface area contributed by atoms with Gasteiger partial charge in [-0.1, -0.05) is 24.3 Å². The molecular formula is C19H14N4O3. The summed E-state index contributed by atoms with van der Waals surface area (Å²) in [6, 6.07) is 19.1. The second kappa shape index (κ2) is 7.77. The average molecular weight is 346 g/mol. The fourth-order valence-corrected chi connectivity index (χ4v) is 2.27. The Morgan fingerprint density at radius 1 is 1.15 bits per heavy atom. The highest BCUT2D eigenvalue weighted by atomic mass is 16.6. The number of nitrogens with zero attached hydrogens (tertiary/aromatic N) is 3. The third kappa shape index (κ3) is 4.13. The molecule has 0 saturated heterocycles. The summed E-state index contributed by atoms with van der Waals surface area (Å²) in [7, 11) is 0. The fourth-order valence-electron chi connectivity index (χ4n) is 2.27. The van der Waals surface area contributed by atoms with Gasteiger partial charge in [-0.15, -0.1) is 0 Å². The average Bonchev–Trinajstić information content (AvgIpc) is 2.68. The van der Waals surface area contributed by atoms with E-state index in [4.69, 9.17) is 10.00 Å². The number of nitriles is 1. The van der Waals surface area contributed by atoms with Gasteiger partial charge in [0.15, 0.2) is 0 Å². The molecule has 0 radical (unpaired) electrons. The first-order chi connectivity index (χ1) is 12.7. The smallest absolute Gasteiger partial charge is 0.270 e. The highest BCUT2D eigenvalue weighted by Gasteiger charge is 2.10. The minimum absolute atomic E-state index is 0.115. The number of nitrogens with one attached hydrogen (secondary N) is 1. The highest BCUT2D eigenvalue weighted by Crippen LogP contribution is 2.22. The largest absolute Gasteiger partial charge is 0.439 e. The Bertz CT molecular complexity index is 951. The molecular weight excluding hydrogens is 332 g/mol. The summed E-state index contributed by atoms with van der Waals surface area (Å²) in [5, 5.41) is 23.0. The number of ether oxygens (including phenoxy) is 1. The summed E-state index contributed by atoms with van der Waals surface area (Å²) in [6.07, 6.45) is 1.67. The Balaban J connectivity index is 1.65. The summed E-state index contributed by atoms with van der Waals surface area (Å²) in [5.41, 5.74) is 1.52. The van der Waals surface area contributed by atoms with Crippen LogP contribution in [0.4, 0.5) is 11.4 Å².